The standard InChI is InChI=1S/C24H27ClN2O3/c1-5-12-27-23(28)21(17-7-10-19(11-8-17)30-14-15(2)3)22(24(27)29)26-18-9-6-16(4)20(25)13-18/h6-11,13,15,26H,5,12,14H2,1-4H3. The molecule has 0 spiro atoms. The first-order valence-electron chi connectivity index (χ1n) is 10.2. The molecule has 0 fully saturated rings. The van der Waals surface area contributed by atoms with Crippen LogP contribution in [-0.4, -0.2) is 29.9 Å². The molecule has 0 saturated heterocycles. The number of amides is 2. The van der Waals surface area contributed by atoms with Gasteiger partial charge in [0.1, 0.15) is 11.4 Å². The van der Waals surface area contributed by atoms with E-state index in [-0.39, 0.29) is 17.5 Å². The van der Waals surface area contributed by atoms with Crippen molar-refractivity contribution in [2.24, 2.45) is 5.92 Å². The number of benzene rings is 2. The molecule has 0 aliphatic carbocycles. The van der Waals surface area contributed by atoms with Crippen LogP contribution in [0.2, 0.25) is 5.02 Å². The van der Waals surface area contributed by atoms with Crippen LogP contribution in [0.1, 0.15) is 38.3 Å². The Morgan fingerprint density at radius 2 is 1.77 bits per heavy atom. The van der Waals surface area contributed by atoms with E-state index in [0.717, 1.165) is 11.3 Å². The summed E-state index contributed by atoms with van der Waals surface area (Å²) in [6.07, 6.45) is 0.691. The minimum Gasteiger partial charge on any atom is -0.493 e. The van der Waals surface area contributed by atoms with Crippen LogP contribution < -0.4 is 10.1 Å². The van der Waals surface area contributed by atoms with E-state index in [9.17, 15) is 9.59 Å². The molecule has 1 aliphatic heterocycles. The van der Waals surface area contributed by atoms with Crippen molar-refractivity contribution in [1.82, 2.24) is 4.90 Å². The summed E-state index contributed by atoms with van der Waals surface area (Å²) in [5.41, 5.74) is 2.90. The fourth-order valence-corrected chi connectivity index (χ4v) is 3.36. The Morgan fingerprint density at radius 3 is 2.37 bits per heavy atom. The summed E-state index contributed by atoms with van der Waals surface area (Å²) in [4.78, 5) is 27.4. The molecule has 1 aliphatic rings. The fraction of sp³-hybridized carbons (Fsp3) is 0.333. The van der Waals surface area contributed by atoms with Gasteiger partial charge in [-0.15, -0.1) is 0 Å². The average molecular weight is 427 g/mol. The Hall–Kier alpha value is -2.79. The molecule has 6 heteroatoms. The highest BCUT2D eigenvalue weighted by Gasteiger charge is 2.38. The molecule has 2 aromatic rings. The number of anilines is 1. The minimum atomic E-state index is -0.325. The Bertz CT molecular complexity index is 980. The van der Waals surface area contributed by atoms with Crippen LogP contribution in [0.4, 0.5) is 5.69 Å². The van der Waals surface area contributed by atoms with Crippen molar-refractivity contribution in [1.29, 1.82) is 0 Å². The number of hydrogen-bond donors (Lipinski definition) is 1. The van der Waals surface area contributed by atoms with Gasteiger partial charge >= 0.3 is 0 Å². The predicted molar refractivity (Wildman–Crippen MR) is 121 cm³/mol. The molecule has 0 bridgehead atoms. The number of nitrogens with one attached hydrogen (secondary N) is 1. The number of ether oxygens (including phenoxy) is 1. The van der Waals surface area contributed by atoms with Crippen LogP contribution in [-0.2, 0) is 9.59 Å². The zero-order valence-corrected chi connectivity index (χ0v) is 18.5. The zero-order chi connectivity index (χ0) is 21.8. The van der Waals surface area contributed by atoms with Gasteiger partial charge in [-0.1, -0.05) is 50.6 Å². The van der Waals surface area contributed by atoms with Crippen molar-refractivity contribution >= 4 is 34.7 Å². The lowest BCUT2D eigenvalue weighted by atomic mass is 10.0. The van der Waals surface area contributed by atoms with Crippen LogP contribution in [0.15, 0.2) is 48.2 Å². The molecule has 30 heavy (non-hydrogen) atoms. The molecular weight excluding hydrogens is 400 g/mol. The van der Waals surface area contributed by atoms with Crippen molar-refractivity contribution in [2.45, 2.75) is 34.1 Å². The third-order valence-corrected chi connectivity index (χ3v) is 5.19. The summed E-state index contributed by atoms with van der Waals surface area (Å²) < 4.78 is 5.73. The van der Waals surface area contributed by atoms with E-state index in [4.69, 9.17) is 16.3 Å². The van der Waals surface area contributed by atoms with Gasteiger partial charge in [0.2, 0.25) is 0 Å². The average Bonchev–Trinajstić information content (AvgIpc) is 2.94. The molecule has 1 heterocycles. The predicted octanol–water partition coefficient (Wildman–Crippen LogP) is 5.29. The van der Waals surface area contributed by atoms with Crippen molar-refractivity contribution in [2.75, 3.05) is 18.5 Å². The highest BCUT2D eigenvalue weighted by Crippen LogP contribution is 2.32. The van der Waals surface area contributed by atoms with Gasteiger partial charge in [-0.05, 0) is 54.7 Å². The van der Waals surface area contributed by atoms with Crippen LogP contribution >= 0.6 is 11.6 Å². The molecule has 0 atom stereocenters. The minimum absolute atomic E-state index is 0.268. The van der Waals surface area contributed by atoms with E-state index in [1.807, 2.05) is 50.2 Å². The molecule has 0 aromatic heterocycles. The van der Waals surface area contributed by atoms with Gasteiger partial charge in [-0.3, -0.25) is 14.5 Å². The first-order valence-corrected chi connectivity index (χ1v) is 10.6. The molecule has 1 N–H and O–H groups in total. The van der Waals surface area contributed by atoms with Crippen LogP contribution in [0, 0.1) is 12.8 Å². The summed E-state index contributed by atoms with van der Waals surface area (Å²) in [5, 5.41) is 3.73. The second kappa shape index (κ2) is 9.35. The number of hydrogen-bond acceptors (Lipinski definition) is 4. The van der Waals surface area contributed by atoms with Crippen molar-refractivity contribution < 1.29 is 14.3 Å². The second-order valence-electron chi connectivity index (χ2n) is 7.83. The van der Waals surface area contributed by atoms with E-state index in [2.05, 4.69) is 19.2 Å². The maximum absolute atomic E-state index is 13.1. The lowest BCUT2D eigenvalue weighted by Gasteiger charge is -2.14. The highest BCUT2D eigenvalue weighted by molar-refractivity contribution is 6.36. The monoisotopic (exact) mass is 426 g/mol. The van der Waals surface area contributed by atoms with Crippen molar-refractivity contribution in [3.05, 3.63) is 64.3 Å². The van der Waals surface area contributed by atoms with Crippen LogP contribution in [0.25, 0.3) is 5.57 Å². The summed E-state index contributed by atoms with van der Waals surface area (Å²) in [7, 11) is 0. The largest absolute Gasteiger partial charge is 0.493 e. The molecule has 0 unspecified atom stereocenters. The van der Waals surface area contributed by atoms with Crippen molar-refractivity contribution in [3.8, 4) is 5.75 Å². The lowest BCUT2D eigenvalue weighted by Crippen LogP contribution is -2.33. The Labute approximate surface area is 182 Å². The third kappa shape index (κ3) is 4.68. The van der Waals surface area contributed by atoms with Crippen LogP contribution in [0.5, 0.6) is 5.75 Å². The molecular formula is C24H27ClN2O3. The van der Waals surface area contributed by atoms with Crippen LogP contribution in [0.3, 0.4) is 0 Å². The lowest BCUT2D eigenvalue weighted by molar-refractivity contribution is -0.136. The number of rotatable bonds is 8. The molecule has 2 aromatic carbocycles. The molecule has 3 rings (SSSR count). The zero-order valence-electron chi connectivity index (χ0n) is 17.8. The highest BCUT2D eigenvalue weighted by atomic mass is 35.5. The van der Waals surface area contributed by atoms with E-state index in [1.165, 1.54) is 4.90 Å². The number of halogens is 1. The number of carbonyl (C=O) groups is 2. The van der Waals surface area contributed by atoms with Crippen molar-refractivity contribution in [3.63, 3.8) is 0 Å². The molecule has 2 amide bonds. The first-order chi connectivity index (χ1) is 14.3. The van der Waals surface area contributed by atoms with Gasteiger partial charge in [-0.2, -0.15) is 0 Å². The SMILES string of the molecule is CCCN1C(=O)C(Nc2ccc(C)c(Cl)c2)=C(c2ccc(OCC(C)C)cc2)C1=O. The smallest absolute Gasteiger partial charge is 0.278 e. The fourth-order valence-electron chi connectivity index (χ4n) is 3.18. The number of imide groups is 1. The van der Waals surface area contributed by atoms with Gasteiger partial charge in [0.15, 0.2) is 0 Å². The number of carbonyl (C=O) groups excluding carboxylic acids is 2. The molecule has 0 radical (unpaired) electrons. The van der Waals surface area contributed by atoms with E-state index in [1.54, 1.807) is 6.07 Å². The van der Waals surface area contributed by atoms with Gasteiger partial charge < -0.3 is 10.1 Å². The summed E-state index contributed by atoms with van der Waals surface area (Å²) in [5.74, 6) is 0.531. The Morgan fingerprint density at radius 1 is 1.07 bits per heavy atom. The molecule has 5 nitrogen and oxygen atoms in total. The third-order valence-electron chi connectivity index (χ3n) is 4.78. The summed E-state index contributed by atoms with van der Waals surface area (Å²) in [6, 6.07) is 12.7. The quantitative estimate of drug-likeness (QED) is 0.583. The maximum Gasteiger partial charge on any atom is 0.278 e. The molecule has 158 valence electrons. The number of aryl methyl sites for hydroxylation is 1. The van der Waals surface area contributed by atoms with E-state index in [0.29, 0.717) is 47.3 Å². The van der Waals surface area contributed by atoms with Gasteiger partial charge in [0, 0.05) is 17.3 Å². The second-order valence-corrected chi connectivity index (χ2v) is 8.24. The Balaban J connectivity index is 1.97. The summed E-state index contributed by atoms with van der Waals surface area (Å²) >= 11 is 6.23. The van der Waals surface area contributed by atoms with Gasteiger partial charge in [-0.25, -0.2) is 0 Å². The topological polar surface area (TPSA) is 58.6 Å². The first kappa shape index (κ1) is 21.9. The Kier molecular flexibility index (Phi) is 6.83. The normalized spacial score (nSPS) is 14.1. The van der Waals surface area contributed by atoms with Gasteiger partial charge in [0.05, 0.1) is 12.2 Å². The number of nitrogens with zero attached hydrogens (tertiary/aromatic N) is 1. The summed E-state index contributed by atoms with van der Waals surface area (Å²) in [6.45, 7) is 9.00. The van der Waals surface area contributed by atoms with E-state index >= 15 is 0 Å². The molecule has 0 saturated carbocycles. The maximum atomic E-state index is 13.1. The van der Waals surface area contributed by atoms with E-state index < -0.39 is 0 Å². The van der Waals surface area contributed by atoms with Gasteiger partial charge in [0.25, 0.3) is 11.8 Å².